The summed E-state index contributed by atoms with van der Waals surface area (Å²) in [6.07, 6.45) is 0. The molecule has 0 amide bonds. The van der Waals surface area contributed by atoms with E-state index in [1.165, 1.54) is 0 Å². The first kappa shape index (κ1) is 18.3. The van der Waals surface area contributed by atoms with Gasteiger partial charge in [0.15, 0.2) is 0 Å². The molecule has 0 heterocycles. The third-order valence-electron chi connectivity index (χ3n) is 2.30. The molecule has 0 aromatic heterocycles. The van der Waals surface area contributed by atoms with Gasteiger partial charge in [0.2, 0.25) is 0 Å². The monoisotopic (exact) mass is 666 g/mol. The Bertz CT molecular complexity index is 617. The summed E-state index contributed by atoms with van der Waals surface area (Å²) in [5.41, 5.74) is 0. The molecule has 2 radical (unpaired) electrons. The summed E-state index contributed by atoms with van der Waals surface area (Å²) in [6.45, 7) is 2.46. The predicted molar refractivity (Wildman–Crippen MR) is 104 cm³/mol. The molecule has 0 N–H and O–H groups in total. The van der Waals surface area contributed by atoms with E-state index in [1.807, 2.05) is 12.1 Å². The van der Waals surface area contributed by atoms with Crippen LogP contribution < -0.4 is 9.47 Å². The second-order valence-electron chi connectivity index (χ2n) is 3.63. The SMILES string of the molecule is Brc1ccc(O[C]Oc2ccc(Br)c(Br)c2Br)c(Br)c1Br. The highest BCUT2D eigenvalue weighted by molar-refractivity contribution is 9.15. The molecular formula is C13H4Br6O2. The van der Waals surface area contributed by atoms with Crippen LogP contribution in [0, 0.1) is 6.79 Å². The zero-order chi connectivity index (χ0) is 15.6. The molecule has 0 aliphatic carbocycles. The Morgan fingerprint density at radius 1 is 0.571 bits per heavy atom. The molecule has 0 atom stereocenters. The Morgan fingerprint density at radius 3 is 1.33 bits per heavy atom. The summed E-state index contributed by atoms with van der Waals surface area (Å²) in [4.78, 5) is 0. The van der Waals surface area contributed by atoms with Crippen molar-refractivity contribution in [2.75, 3.05) is 0 Å². The molecule has 0 aliphatic rings. The minimum atomic E-state index is 0.581. The van der Waals surface area contributed by atoms with Crippen LogP contribution in [0.25, 0.3) is 0 Å². The molecule has 0 aliphatic heterocycles. The van der Waals surface area contributed by atoms with Crippen LogP contribution in [0.3, 0.4) is 0 Å². The Morgan fingerprint density at radius 2 is 0.952 bits per heavy atom. The van der Waals surface area contributed by atoms with Crippen molar-refractivity contribution in [1.29, 1.82) is 0 Å². The van der Waals surface area contributed by atoms with Crippen LogP contribution in [0.2, 0.25) is 0 Å². The smallest absolute Gasteiger partial charge is 0.428 e. The lowest BCUT2D eigenvalue weighted by atomic mass is 10.3. The fraction of sp³-hybridized carbons (Fsp3) is 0. The van der Waals surface area contributed by atoms with E-state index in [-0.39, 0.29) is 0 Å². The zero-order valence-electron chi connectivity index (χ0n) is 9.89. The van der Waals surface area contributed by atoms with Gasteiger partial charge in [0.1, 0.15) is 11.5 Å². The highest BCUT2D eigenvalue weighted by atomic mass is 79.9. The molecule has 0 spiro atoms. The van der Waals surface area contributed by atoms with Gasteiger partial charge in [-0.1, -0.05) is 0 Å². The van der Waals surface area contributed by atoms with Crippen molar-refractivity contribution in [3.8, 4) is 11.5 Å². The summed E-state index contributed by atoms with van der Waals surface area (Å²) in [5, 5.41) is 0. The molecule has 0 saturated carbocycles. The maximum absolute atomic E-state index is 5.38. The summed E-state index contributed by atoms with van der Waals surface area (Å²) < 4.78 is 15.9. The third kappa shape index (κ3) is 4.47. The van der Waals surface area contributed by atoms with E-state index in [9.17, 15) is 0 Å². The largest absolute Gasteiger partial charge is 0.438 e. The highest BCUT2D eigenvalue weighted by Crippen LogP contribution is 2.40. The Kier molecular flexibility index (Phi) is 7.08. The lowest BCUT2D eigenvalue weighted by Crippen LogP contribution is -2.00. The number of benzene rings is 2. The van der Waals surface area contributed by atoms with Crippen molar-refractivity contribution in [3.63, 3.8) is 0 Å². The number of rotatable bonds is 4. The maximum Gasteiger partial charge on any atom is 0.428 e. The van der Waals surface area contributed by atoms with Gasteiger partial charge >= 0.3 is 6.79 Å². The highest BCUT2D eigenvalue weighted by Gasteiger charge is 2.12. The first-order valence-corrected chi connectivity index (χ1v) is 10.0. The van der Waals surface area contributed by atoms with E-state index in [0.29, 0.717) is 11.5 Å². The van der Waals surface area contributed by atoms with E-state index in [4.69, 9.17) is 9.47 Å². The van der Waals surface area contributed by atoms with Gasteiger partial charge < -0.3 is 9.47 Å². The van der Waals surface area contributed by atoms with Crippen molar-refractivity contribution in [1.82, 2.24) is 0 Å². The second-order valence-corrected chi connectivity index (χ2v) is 8.52. The summed E-state index contributed by atoms with van der Waals surface area (Å²) in [7, 11) is 0. The molecular weight excluding hydrogens is 668 g/mol. The molecule has 21 heavy (non-hydrogen) atoms. The van der Waals surface area contributed by atoms with E-state index >= 15 is 0 Å². The molecule has 2 nitrogen and oxygen atoms in total. The molecule has 2 rings (SSSR count). The second kappa shape index (κ2) is 8.15. The molecule has 2 aromatic rings. The summed E-state index contributed by atoms with van der Waals surface area (Å²) >= 11 is 20.6. The zero-order valence-corrected chi connectivity index (χ0v) is 19.4. The topological polar surface area (TPSA) is 18.5 Å². The molecule has 0 fully saturated rings. The molecule has 0 bridgehead atoms. The number of hydrogen-bond donors (Lipinski definition) is 0. The van der Waals surface area contributed by atoms with Crippen LogP contribution in [0.4, 0.5) is 0 Å². The Hall–Kier alpha value is 0.920. The summed E-state index contributed by atoms with van der Waals surface area (Å²) in [5.74, 6) is 1.16. The van der Waals surface area contributed by atoms with Crippen molar-refractivity contribution >= 4 is 95.6 Å². The minimum absolute atomic E-state index is 0.581. The number of halogens is 6. The molecule has 8 heteroatoms. The van der Waals surface area contributed by atoms with Crippen LogP contribution >= 0.6 is 95.6 Å². The van der Waals surface area contributed by atoms with Gasteiger partial charge in [-0.25, -0.2) is 0 Å². The quantitative estimate of drug-likeness (QED) is 0.310. The van der Waals surface area contributed by atoms with Crippen LogP contribution in [0.15, 0.2) is 51.1 Å². The van der Waals surface area contributed by atoms with Gasteiger partial charge in [0.05, 0.1) is 8.95 Å². The fourth-order valence-corrected chi connectivity index (χ4v) is 3.99. The third-order valence-corrected chi connectivity index (χ3v) is 8.97. The minimum Gasteiger partial charge on any atom is -0.438 e. The van der Waals surface area contributed by atoms with E-state index < -0.39 is 0 Å². The number of hydrogen-bond acceptors (Lipinski definition) is 2. The molecule has 0 saturated heterocycles. The van der Waals surface area contributed by atoms with Gasteiger partial charge in [-0.3, -0.25) is 0 Å². The maximum atomic E-state index is 5.38. The van der Waals surface area contributed by atoms with Crippen LogP contribution in [-0.4, -0.2) is 0 Å². The molecule has 110 valence electrons. The summed E-state index contributed by atoms with van der Waals surface area (Å²) in [6, 6.07) is 7.31. The first-order valence-electron chi connectivity index (χ1n) is 5.27. The fourth-order valence-electron chi connectivity index (χ4n) is 1.28. The van der Waals surface area contributed by atoms with Gasteiger partial charge in [-0.15, -0.1) is 0 Å². The van der Waals surface area contributed by atoms with Gasteiger partial charge in [-0.05, 0) is 120 Å². The average Bonchev–Trinajstić information content (AvgIpc) is 2.47. The van der Waals surface area contributed by atoms with Gasteiger partial charge in [0.25, 0.3) is 0 Å². The predicted octanol–water partition coefficient (Wildman–Crippen LogP) is 7.72. The Labute approximate surface area is 172 Å². The standard InChI is InChI=1S/C13H4Br6O2/c14-6-1-3-8(12(18)10(6)16)20-5-21-9-4-2-7(15)11(17)13(9)19/h1-4H. The Balaban J connectivity index is 2.06. The first-order chi connectivity index (χ1) is 9.91. The number of ether oxygens (including phenoxy) is 2. The normalized spacial score (nSPS) is 10.6. The average molecular weight is 672 g/mol. The van der Waals surface area contributed by atoms with Gasteiger partial charge in [0, 0.05) is 17.9 Å². The lowest BCUT2D eigenvalue weighted by molar-refractivity contribution is 0.208. The molecule has 2 aromatic carbocycles. The van der Waals surface area contributed by atoms with Crippen molar-refractivity contribution < 1.29 is 9.47 Å². The van der Waals surface area contributed by atoms with Crippen molar-refractivity contribution in [3.05, 3.63) is 57.9 Å². The van der Waals surface area contributed by atoms with Gasteiger partial charge in [-0.2, -0.15) is 0 Å². The van der Waals surface area contributed by atoms with Crippen LogP contribution in [-0.2, 0) is 0 Å². The van der Waals surface area contributed by atoms with Crippen molar-refractivity contribution in [2.45, 2.75) is 0 Å². The lowest BCUT2D eigenvalue weighted by Gasteiger charge is -2.10. The van der Waals surface area contributed by atoms with Crippen molar-refractivity contribution in [2.24, 2.45) is 0 Å². The molecule has 0 unspecified atom stereocenters. The van der Waals surface area contributed by atoms with E-state index in [2.05, 4.69) is 102 Å². The van der Waals surface area contributed by atoms with Crippen LogP contribution in [0.1, 0.15) is 0 Å². The van der Waals surface area contributed by atoms with Crippen LogP contribution in [0.5, 0.6) is 11.5 Å². The van der Waals surface area contributed by atoms with E-state index in [0.717, 1.165) is 26.8 Å². The van der Waals surface area contributed by atoms with E-state index in [1.54, 1.807) is 12.1 Å².